The fourth-order valence-corrected chi connectivity index (χ4v) is 4.35. The number of hydrogen-bond acceptors (Lipinski definition) is 4. The normalized spacial score (nSPS) is 16.2. The van der Waals surface area contributed by atoms with E-state index in [9.17, 15) is 9.90 Å². The van der Waals surface area contributed by atoms with Crippen LogP contribution < -0.4 is 10.1 Å². The summed E-state index contributed by atoms with van der Waals surface area (Å²) in [4.78, 5) is 17.7. The molecule has 8 heteroatoms. The van der Waals surface area contributed by atoms with Gasteiger partial charge in [-0.25, -0.2) is 0 Å². The number of halogens is 2. The Kier molecular flexibility index (Phi) is 7.58. The highest BCUT2D eigenvalue weighted by atomic mass is 35.5. The number of nitrogens with one attached hydrogen (secondary N) is 2. The quantitative estimate of drug-likeness (QED) is 0.459. The monoisotopic (exact) mass is 475 g/mol. The number of nitrogens with zero attached hydrogens (tertiary/aromatic N) is 1. The Balaban J connectivity index is 1.17. The molecule has 0 bridgehead atoms. The van der Waals surface area contributed by atoms with E-state index in [1.807, 2.05) is 36.5 Å². The van der Waals surface area contributed by atoms with Crippen LogP contribution in [0.3, 0.4) is 0 Å². The number of aliphatic hydroxyl groups excluding tert-OH is 1. The number of amides is 1. The molecule has 0 radical (unpaired) electrons. The lowest BCUT2D eigenvalue weighted by Gasteiger charge is -2.33. The van der Waals surface area contributed by atoms with Crippen LogP contribution in [0.4, 0.5) is 0 Å². The Morgan fingerprint density at radius 1 is 1.19 bits per heavy atom. The zero-order valence-corrected chi connectivity index (χ0v) is 19.2. The number of aromatic amines is 1. The molecular formula is C24H27Cl2N3O3. The van der Waals surface area contributed by atoms with E-state index < -0.39 is 6.10 Å². The van der Waals surface area contributed by atoms with Crippen molar-refractivity contribution in [2.45, 2.75) is 31.5 Å². The van der Waals surface area contributed by atoms with Crippen molar-refractivity contribution in [3.8, 4) is 5.75 Å². The highest BCUT2D eigenvalue weighted by Gasteiger charge is 2.22. The molecule has 0 saturated carbocycles. The number of aromatic nitrogens is 1. The number of carbonyl (C=O) groups is 1. The number of likely N-dealkylation sites (tertiary alicyclic amines) is 1. The van der Waals surface area contributed by atoms with E-state index in [1.165, 1.54) is 0 Å². The van der Waals surface area contributed by atoms with E-state index in [1.54, 1.807) is 12.1 Å². The Hall–Kier alpha value is -2.25. The maximum absolute atomic E-state index is 12.3. The molecule has 0 aliphatic carbocycles. The van der Waals surface area contributed by atoms with Crippen molar-refractivity contribution < 1.29 is 14.6 Å². The minimum atomic E-state index is -0.616. The molecule has 2 aromatic carbocycles. The first-order valence-corrected chi connectivity index (χ1v) is 11.6. The molecule has 1 amide bonds. The standard InChI is InChI=1S/C24H27Cl2N3O3/c25-21-6-5-19(12-22(21)26)32-18-7-9-29(10-8-18)15-17(30)14-28-24(31)11-16-13-27-23-4-2-1-3-20(16)23/h1-6,12-13,17-18,27,30H,7-11,14-15H2,(H,28,31). The summed E-state index contributed by atoms with van der Waals surface area (Å²) in [6.45, 7) is 2.41. The van der Waals surface area contributed by atoms with Crippen molar-refractivity contribution in [2.24, 2.45) is 0 Å². The van der Waals surface area contributed by atoms with E-state index in [2.05, 4.69) is 15.2 Å². The Morgan fingerprint density at radius 3 is 2.75 bits per heavy atom. The van der Waals surface area contributed by atoms with Gasteiger partial charge in [-0.3, -0.25) is 4.79 Å². The van der Waals surface area contributed by atoms with Crippen LogP contribution in [-0.2, 0) is 11.2 Å². The number of benzene rings is 2. The van der Waals surface area contributed by atoms with Crippen molar-refractivity contribution in [2.75, 3.05) is 26.2 Å². The van der Waals surface area contributed by atoms with Crippen LogP contribution in [0.1, 0.15) is 18.4 Å². The van der Waals surface area contributed by atoms with Gasteiger partial charge in [-0.05, 0) is 36.6 Å². The number of β-amino-alcohol motifs (C(OH)–C–C–N with tert-alkyl or cyclic N) is 1. The zero-order chi connectivity index (χ0) is 22.5. The molecule has 170 valence electrons. The summed E-state index contributed by atoms with van der Waals surface area (Å²) in [7, 11) is 0. The molecule has 1 unspecified atom stereocenters. The molecule has 32 heavy (non-hydrogen) atoms. The molecule has 1 aliphatic rings. The zero-order valence-electron chi connectivity index (χ0n) is 17.7. The number of carbonyl (C=O) groups excluding carboxylic acids is 1. The average Bonchev–Trinajstić information content (AvgIpc) is 3.19. The van der Waals surface area contributed by atoms with Crippen molar-refractivity contribution in [3.05, 3.63) is 64.3 Å². The van der Waals surface area contributed by atoms with Crippen molar-refractivity contribution in [3.63, 3.8) is 0 Å². The summed E-state index contributed by atoms with van der Waals surface area (Å²) < 4.78 is 6.01. The number of ether oxygens (including phenoxy) is 1. The molecule has 3 aromatic rings. The third-order valence-electron chi connectivity index (χ3n) is 5.76. The van der Waals surface area contributed by atoms with Crippen LogP contribution >= 0.6 is 23.2 Å². The van der Waals surface area contributed by atoms with Gasteiger partial charge in [0.15, 0.2) is 0 Å². The Bertz CT molecular complexity index is 1060. The topological polar surface area (TPSA) is 77.6 Å². The van der Waals surface area contributed by atoms with Gasteiger partial charge >= 0.3 is 0 Å². The van der Waals surface area contributed by atoms with Crippen LogP contribution in [0, 0.1) is 0 Å². The summed E-state index contributed by atoms with van der Waals surface area (Å²) in [6.07, 6.45) is 3.37. The average molecular weight is 476 g/mol. The summed E-state index contributed by atoms with van der Waals surface area (Å²) in [5, 5.41) is 15.3. The molecule has 6 nitrogen and oxygen atoms in total. The van der Waals surface area contributed by atoms with Crippen LogP contribution in [0.25, 0.3) is 10.9 Å². The van der Waals surface area contributed by atoms with Crippen LogP contribution in [-0.4, -0.2) is 59.3 Å². The predicted octanol–water partition coefficient (Wildman–Crippen LogP) is 4.04. The second kappa shape index (κ2) is 10.6. The first-order chi connectivity index (χ1) is 15.5. The van der Waals surface area contributed by atoms with Crippen LogP contribution in [0.5, 0.6) is 5.75 Å². The lowest BCUT2D eigenvalue weighted by atomic mass is 10.1. The third-order valence-corrected chi connectivity index (χ3v) is 6.50. The highest BCUT2D eigenvalue weighted by molar-refractivity contribution is 6.42. The van der Waals surface area contributed by atoms with Crippen molar-refractivity contribution in [1.29, 1.82) is 0 Å². The van der Waals surface area contributed by atoms with E-state index in [4.69, 9.17) is 27.9 Å². The number of aliphatic hydroxyl groups is 1. The molecule has 4 rings (SSSR count). The first kappa shape index (κ1) is 22.9. The number of fused-ring (bicyclic) bond motifs is 1. The van der Waals surface area contributed by atoms with Gasteiger partial charge in [0.25, 0.3) is 0 Å². The van der Waals surface area contributed by atoms with E-state index >= 15 is 0 Å². The Morgan fingerprint density at radius 2 is 1.97 bits per heavy atom. The fourth-order valence-electron chi connectivity index (χ4n) is 4.06. The molecule has 1 aliphatic heterocycles. The second-order valence-corrected chi connectivity index (χ2v) is 9.00. The number of H-pyrrole nitrogens is 1. The summed E-state index contributed by atoms with van der Waals surface area (Å²) in [6, 6.07) is 13.2. The lowest BCUT2D eigenvalue weighted by molar-refractivity contribution is -0.120. The van der Waals surface area contributed by atoms with Crippen molar-refractivity contribution in [1.82, 2.24) is 15.2 Å². The molecule has 3 N–H and O–H groups in total. The third kappa shape index (κ3) is 5.95. The minimum Gasteiger partial charge on any atom is -0.490 e. The number of piperidine rings is 1. The van der Waals surface area contributed by atoms with Crippen LogP contribution in [0.15, 0.2) is 48.7 Å². The Labute approximate surface area is 197 Å². The van der Waals surface area contributed by atoms with Gasteiger partial charge in [0, 0.05) is 49.3 Å². The molecule has 1 fully saturated rings. The summed E-state index contributed by atoms with van der Waals surface area (Å²) >= 11 is 12.0. The van der Waals surface area contributed by atoms with E-state index in [-0.39, 0.29) is 25.0 Å². The van der Waals surface area contributed by atoms with Gasteiger partial charge in [-0.1, -0.05) is 41.4 Å². The van der Waals surface area contributed by atoms with Gasteiger partial charge in [0.1, 0.15) is 11.9 Å². The maximum Gasteiger partial charge on any atom is 0.224 e. The highest BCUT2D eigenvalue weighted by Crippen LogP contribution is 2.28. The van der Waals surface area contributed by atoms with Gasteiger partial charge in [-0.15, -0.1) is 0 Å². The number of para-hydroxylation sites is 1. The largest absolute Gasteiger partial charge is 0.490 e. The first-order valence-electron chi connectivity index (χ1n) is 10.8. The minimum absolute atomic E-state index is 0.0949. The van der Waals surface area contributed by atoms with E-state index in [0.29, 0.717) is 16.6 Å². The van der Waals surface area contributed by atoms with Gasteiger partial charge in [-0.2, -0.15) is 0 Å². The lowest BCUT2D eigenvalue weighted by Crippen LogP contribution is -2.45. The fraction of sp³-hybridized carbons (Fsp3) is 0.375. The molecule has 0 spiro atoms. The van der Waals surface area contributed by atoms with Crippen molar-refractivity contribution >= 4 is 40.0 Å². The molecule has 1 saturated heterocycles. The molecule has 1 aromatic heterocycles. The molecule has 1 atom stereocenters. The maximum atomic E-state index is 12.3. The van der Waals surface area contributed by atoms with Gasteiger partial charge in [0.05, 0.1) is 22.6 Å². The second-order valence-electron chi connectivity index (χ2n) is 8.19. The summed E-state index contributed by atoms with van der Waals surface area (Å²) in [5.41, 5.74) is 1.97. The smallest absolute Gasteiger partial charge is 0.224 e. The van der Waals surface area contributed by atoms with Gasteiger partial charge < -0.3 is 25.0 Å². The SMILES string of the molecule is O=C(Cc1c[nH]c2ccccc12)NCC(O)CN1CCC(Oc2ccc(Cl)c(Cl)c2)CC1. The molecule has 2 heterocycles. The van der Waals surface area contributed by atoms with E-state index in [0.717, 1.165) is 48.1 Å². The number of rotatable bonds is 8. The predicted molar refractivity (Wildman–Crippen MR) is 128 cm³/mol. The number of hydrogen-bond donors (Lipinski definition) is 3. The van der Waals surface area contributed by atoms with Crippen LogP contribution in [0.2, 0.25) is 10.0 Å². The molecular weight excluding hydrogens is 449 g/mol. The van der Waals surface area contributed by atoms with Gasteiger partial charge in [0.2, 0.25) is 5.91 Å². The summed E-state index contributed by atoms with van der Waals surface area (Å²) in [5.74, 6) is 0.623.